The van der Waals surface area contributed by atoms with Gasteiger partial charge >= 0.3 is 6.03 Å². The maximum absolute atomic E-state index is 12.4. The van der Waals surface area contributed by atoms with Crippen LogP contribution in [0.4, 0.5) is 10.5 Å². The number of benzene rings is 2. The first-order valence-electron chi connectivity index (χ1n) is 8.63. The van der Waals surface area contributed by atoms with Gasteiger partial charge in [0.25, 0.3) is 0 Å². The van der Waals surface area contributed by atoms with Crippen LogP contribution in [0.25, 0.3) is 0 Å². The molecule has 0 bridgehead atoms. The van der Waals surface area contributed by atoms with Crippen LogP contribution in [0, 0.1) is 6.92 Å². The lowest BCUT2D eigenvalue weighted by Gasteiger charge is -2.36. The molecule has 5 heteroatoms. The second kappa shape index (κ2) is 7.92. The van der Waals surface area contributed by atoms with Gasteiger partial charge in [0.05, 0.1) is 12.8 Å². The van der Waals surface area contributed by atoms with Gasteiger partial charge in [0.1, 0.15) is 5.75 Å². The SMILES string of the molecule is COc1ccccc1N1CCN(C(=O)NCc2ccc(C)cc2)CC1. The summed E-state index contributed by atoms with van der Waals surface area (Å²) in [6.45, 7) is 5.64. The van der Waals surface area contributed by atoms with Crippen molar-refractivity contribution in [3.8, 4) is 5.75 Å². The van der Waals surface area contributed by atoms with Crippen molar-refractivity contribution >= 4 is 11.7 Å². The van der Waals surface area contributed by atoms with Gasteiger partial charge in [-0.3, -0.25) is 0 Å². The van der Waals surface area contributed by atoms with Crippen LogP contribution in [0.3, 0.4) is 0 Å². The first kappa shape index (κ1) is 17.1. The van der Waals surface area contributed by atoms with Gasteiger partial charge in [-0.1, -0.05) is 42.0 Å². The van der Waals surface area contributed by atoms with Gasteiger partial charge in [-0.25, -0.2) is 4.79 Å². The minimum Gasteiger partial charge on any atom is -0.495 e. The zero-order chi connectivity index (χ0) is 17.6. The smallest absolute Gasteiger partial charge is 0.317 e. The molecule has 1 fully saturated rings. The van der Waals surface area contributed by atoms with E-state index in [0.29, 0.717) is 19.6 Å². The number of carbonyl (C=O) groups excluding carboxylic acids is 1. The molecule has 0 aliphatic carbocycles. The number of hydrogen-bond donors (Lipinski definition) is 1. The number of methoxy groups -OCH3 is 1. The fourth-order valence-corrected chi connectivity index (χ4v) is 3.04. The van der Waals surface area contributed by atoms with Crippen LogP contribution < -0.4 is 15.0 Å². The van der Waals surface area contributed by atoms with Crippen molar-refractivity contribution in [1.82, 2.24) is 10.2 Å². The first-order valence-corrected chi connectivity index (χ1v) is 8.63. The zero-order valence-corrected chi connectivity index (χ0v) is 14.9. The van der Waals surface area contributed by atoms with Gasteiger partial charge < -0.3 is 19.9 Å². The summed E-state index contributed by atoms with van der Waals surface area (Å²) in [7, 11) is 1.69. The van der Waals surface area contributed by atoms with Gasteiger partial charge in [0.15, 0.2) is 0 Å². The molecule has 0 atom stereocenters. The Kier molecular flexibility index (Phi) is 5.43. The molecule has 1 aliphatic rings. The molecule has 0 unspecified atom stereocenters. The lowest BCUT2D eigenvalue weighted by Crippen LogP contribution is -2.51. The number of nitrogens with one attached hydrogen (secondary N) is 1. The van der Waals surface area contributed by atoms with Crippen molar-refractivity contribution in [2.24, 2.45) is 0 Å². The summed E-state index contributed by atoms with van der Waals surface area (Å²) >= 11 is 0. The Morgan fingerprint density at radius 2 is 1.72 bits per heavy atom. The first-order chi connectivity index (χ1) is 12.2. The third-order valence-electron chi connectivity index (χ3n) is 4.56. The highest BCUT2D eigenvalue weighted by atomic mass is 16.5. The summed E-state index contributed by atoms with van der Waals surface area (Å²) in [6.07, 6.45) is 0. The molecule has 0 radical (unpaired) electrons. The number of anilines is 1. The number of urea groups is 1. The molecule has 5 nitrogen and oxygen atoms in total. The van der Waals surface area contributed by atoms with E-state index in [4.69, 9.17) is 4.74 Å². The summed E-state index contributed by atoms with van der Waals surface area (Å²) in [5.74, 6) is 0.875. The second-order valence-corrected chi connectivity index (χ2v) is 6.29. The maximum atomic E-state index is 12.4. The highest BCUT2D eigenvalue weighted by Gasteiger charge is 2.22. The van der Waals surface area contributed by atoms with E-state index in [1.54, 1.807) is 7.11 Å². The number of carbonyl (C=O) groups is 1. The number of ether oxygens (including phenoxy) is 1. The van der Waals surface area contributed by atoms with E-state index in [1.807, 2.05) is 23.1 Å². The van der Waals surface area contributed by atoms with Crippen molar-refractivity contribution in [3.05, 3.63) is 59.7 Å². The molecule has 1 saturated heterocycles. The van der Waals surface area contributed by atoms with Gasteiger partial charge in [-0.05, 0) is 24.6 Å². The van der Waals surface area contributed by atoms with Crippen LogP contribution in [-0.4, -0.2) is 44.2 Å². The second-order valence-electron chi connectivity index (χ2n) is 6.29. The van der Waals surface area contributed by atoms with Crippen molar-refractivity contribution in [2.75, 3.05) is 38.2 Å². The third-order valence-corrected chi connectivity index (χ3v) is 4.56. The molecule has 2 aromatic rings. The topological polar surface area (TPSA) is 44.8 Å². The summed E-state index contributed by atoms with van der Waals surface area (Å²) < 4.78 is 5.43. The van der Waals surface area contributed by atoms with E-state index >= 15 is 0 Å². The van der Waals surface area contributed by atoms with Crippen LogP contribution >= 0.6 is 0 Å². The highest BCUT2D eigenvalue weighted by Crippen LogP contribution is 2.28. The standard InChI is InChI=1S/C20H25N3O2/c1-16-7-9-17(10-8-16)15-21-20(24)23-13-11-22(12-14-23)18-5-3-4-6-19(18)25-2/h3-10H,11-15H2,1-2H3,(H,21,24). The van der Waals surface area contributed by atoms with Crippen LogP contribution in [0.5, 0.6) is 5.75 Å². The average molecular weight is 339 g/mol. The minimum atomic E-state index is 0.000233. The van der Waals surface area contributed by atoms with E-state index in [9.17, 15) is 4.79 Å². The average Bonchev–Trinajstić information content (AvgIpc) is 2.67. The van der Waals surface area contributed by atoms with Crippen molar-refractivity contribution in [3.63, 3.8) is 0 Å². The predicted molar refractivity (Wildman–Crippen MR) is 100 cm³/mol. The molecule has 1 N–H and O–H groups in total. The molecule has 25 heavy (non-hydrogen) atoms. The maximum Gasteiger partial charge on any atom is 0.317 e. The Hall–Kier alpha value is -2.69. The van der Waals surface area contributed by atoms with E-state index in [2.05, 4.69) is 47.5 Å². The Bertz CT molecular complexity index is 707. The number of piperazine rings is 1. The summed E-state index contributed by atoms with van der Waals surface area (Å²) in [5, 5.41) is 3.01. The van der Waals surface area contributed by atoms with Crippen molar-refractivity contribution in [1.29, 1.82) is 0 Å². The van der Waals surface area contributed by atoms with E-state index in [0.717, 1.165) is 30.1 Å². The number of aryl methyl sites for hydroxylation is 1. The molecule has 2 aromatic carbocycles. The molecular weight excluding hydrogens is 314 g/mol. The molecule has 1 heterocycles. The van der Waals surface area contributed by atoms with Gasteiger partial charge in [-0.2, -0.15) is 0 Å². The number of nitrogens with zero attached hydrogens (tertiary/aromatic N) is 2. The largest absolute Gasteiger partial charge is 0.495 e. The molecular formula is C20H25N3O2. The van der Waals surface area contributed by atoms with Crippen molar-refractivity contribution < 1.29 is 9.53 Å². The third kappa shape index (κ3) is 4.24. The van der Waals surface area contributed by atoms with Gasteiger partial charge in [-0.15, -0.1) is 0 Å². The number of rotatable bonds is 4. The van der Waals surface area contributed by atoms with Crippen molar-refractivity contribution in [2.45, 2.75) is 13.5 Å². The van der Waals surface area contributed by atoms with E-state index in [1.165, 1.54) is 5.56 Å². The summed E-state index contributed by atoms with van der Waals surface area (Å²) in [4.78, 5) is 16.5. The van der Waals surface area contributed by atoms with Crippen LogP contribution in [0.1, 0.15) is 11.1 Å². The monoisotopic (exact) mass is 339 g/mol. The Labute approximate surface area is 149 Å². The van der Waals surface area contributed by atoms with E-state index in [-0.39, 0.29) is 6.03 Å². The minimum absolute atomic E-state index is 0.000233. The number of amides is 2. The lowest BCUT2D eigenvalue weighted by molar-refractivity contribution is 0.194. The summed E-state index contributed by atoms with van der Waals surface area (Å²) in [6, 6.07) is 16.2. The molecule has 0 aromatic heterocycles. The van der Waals surface area contributed by atoms with Gasteiger partial charge in [0, 0.05) is 32.7 Å². The molecule has 1 aliphatic heterocycles. The van der Waals surface area contributed by atoms with Crippen LogP contribution in [0.15, 0.2) is 48.5 Å². The fourth-order valence-electron chi connectivity index (χ4n) is 3.04. The molecule has 0 spiro atoms. The molecule has 0 saturated carbocycles. The predicted octanol–water partition coefficient (Wildman–Crippen LogP) is 3.04. The lowest BCUT2D eigenvalue weighted by atomic mass is 10.1. The van der Waals surface area contributed by atoms with E-state index < -0.39 is 0 Å². The molecule has 3 rings (SSSR count). The normalized spacial score (nSPS) is 14.3. The Morgan fingerprint density at radius 3 is 2.40 bits per heavy atom. The number of para-hydroxylation sites is 2. The van der Waals surface area contributed by atoms with Crippen LogP contribution in [-0.2, 0) is 6.54 Å². The molecule has 2 amide bonds. The molecule has 132 valence electrons. The quantitative estimate of drug-likeness (QED) is 0.931. The Morgan fingerprint density at radius 1 is 1.04 bits per heavy atom. The zero-order valence-electron chi connectivity index (χ0n) is 14.9. The fraction of sp³-hybridized carbons (Fsp3) is 0.350. The summed E-state index contributed by atoms with van der Waals surface area (Å²) in [5.41, 5.74) is 3.43. The van der Waals surface area contributed by atoms with Gasteiger partial charge in [0.2, 0.25) is 0 Å². The number of hydrogen-bond acceptors (Lipinski definition) is 3. The highest BCUT2D eigenvalue weighted by molar-refractivity contribution is 5.74. The Balaban J connectivity index is 1.51. The van der Waals surface area contributed by atoms with Crippen LogP contribution in [0.2, 0.25) is 0 Å².